The number of ether oxygens (including phenoxy) is 1. The summed E-state index contributed by atoms with van der Waals surface area (Å²) >= 11 is 1.19. The van der Waals surface area contributed by atoms with Gasteiger partial charge < -0.3 is 14.5 Å². The Labute approximate surface area is 161 Å². The number of carbonyl (C=O) groups is 2. The number of hydrogen-bond donors (Lipinski definition) is 1. The maximum absolute atomic E-state index is 12.6. The zero-order chi connectivity index (χ0) is 20.5. The Hall–Kier alpha value is -3.14. The summed E-state index contributed by atoms with van der Waals surface area (Å²) in [7, 11) is 1.23. The molecule has 1 aromatic carbocycles. The molecule has 0 saturated carbocycles. The Morgan fingerprint density at radius 3 is 2.50 bits per heavy atom. The summed E-state index contributed by atoms with van der Waals surface area (Å²) in [5.41, 5.74) is -0.389. The van der Waals surface area contributed by atoms with Gasteiger partial charge in [-0.25, -0.2) is 9.78 Å². The summed E-state index contributed by atoms with van der Waals surface area (Å²) in [5.74, 6) is -1.23. The van der Waals surface area contributed by atoms with Gasteiger partial charge in [0.25, 0.3) is 5.91 Å². The fraction of sp³-hybridized carbons (Fsp3) is 0.167. The molecule has 0 saturated heterocycles. The van der Waals surface area contributed by atoms with Crippen molar-refractivity contribution in [2.75, 3.05) is 12.4 Å². The first kappa shape index (κ1) is 19.6. The summed E-state index contributed by atoms with van der Waals surface area (Å²) in [6.07, 6.45) is -3.36. The number of methoxy groups -OCH3 is 1. The van der Waals surface area contributed by atoms with E-state index in [0.29, 0.717) is 5.00 Å². The first-order valence-corrected chi connectivity index (χ1v) is 8.64. The lowest BCUT2D eigenvalue weighted by molar-refractivity contribution is -0.137. The highest BCUT2D eigenvalue weighted by Crippen LogP contribution is 2.31. The third kappa shape index (κ3) is 4.06. The molecule has 28 heavy (non-hydrogen) atoms. The summed E-state index contributed by atoms with van der Waals surface area (Å²) in [5, 5.41) is 2.86. The molecule has 6 nitrogen and oxygen atoms in total. The molecular formula is C18H13F3N2O4S. The Balaban J connectivity index is 1.79. The summed E-state index contributed by atoms with van der Waals surface area (Å²) in [6, 6.07) is 5.79. The SMILES string of the molecule is COC(=O)c1cc(C)sc1NC(=O)c1coc(-c2ccc(C(F)(F)F)cc2)n1. The lowest BCUT2D eigenvalue weighted by atomic mass is 10.1. The monoisotopic (exact) mass is 410 g/mol. The number of aryl methyl sites for hydroxylation is 1. The topological polar surface area (TPSA) is 81.4 Å². The van der Waals surface area contributed by atoms with Gasteiger partial charge in [0.2, 0.25) is 5.89 Å². The zero-order valence-corrected chi connectivity index (χ0v) is 15.4. The van der Waals surface area contributed by atoms with E-state index in [4.69, 9.17) is 4.42 Å². The van der Waals surface area contributed by atoms with E-state index < -0.39 is 23.6 Å². The zero-order valence-electron chi connectivity index (χ0n) is 14.6. The van der Waals surface area contributed by atoms with Crippen LogP contribution in [0.3, 0.4) is 0 Å². The van der Waals surface area contributed by atoms with E-state index in [9.17, 15) is 22.8 Å². The molecule has 0 fully saturated rings. The Morgan fingerprint density at radius 1 is 1.21 bits per heavy atom. The number of aromatic nitrogens is 1. The minimum atomic E-state index is -4.45. The highest BCUT2D eigenvalue weighted by Gasteiger charge is 2.30. The van der Waals surface area contributed by atoms with Gasteiger partial charge >= 0.3 is 12.1 Å². The molecule has 0 aliphatic heterocycles. The van der Waals surface area contributed by atoms with E-state index in [-0.39, 0.29) is 22.7 Å². The van der Waals surface area contributed by atoms with Crippen molar-refractivity contribution in [1.82, 2.24) is 4.98 Å². The highest BCUT2D eigenvalue weighted by atomic mass is 32.1. The van der Waals surface area contributed by atoms with Crippen LogP contribution in [-0.4, -0.2) is 24.0 Å². The van der Waals surface area contributed by atoms with Crippen molar-refractivity contribution in [3.63, 3.8) is 0 Å². The second-order valence-electron chi connectivity index (χ2n) is 5.66. The standard InChI is InChI=1S/C18H13F3N2O4S/c1-9-7-12(17(25)26-2)16(28-9)23-14(24)13-8-27-15(22-13)10-3-5-11(6-4-10)18(19,20)21/h3-8H,1-2H3,(H,23,24). The smallest absolute Gasteiger partial charge is 0.416 e. The molecule has 146 valence electrons. The van der Waals surface area contributed by atoms with E-state index in [1.807, 2.05) is 0 Å². The fourth-order valence-electron chi connectivity index (χ4n) is 2.35. The van der Waals surface area contributed by atoms with Gasteiger partial charge in [-0.2, -0.15) is 13.2 Å². The summed E-state index contributed by atoms with van der Waals surface area (Å²) < 4.78 is 47.8. The number of benzene rings is 1. The van der Waals surface area contributed by atoms with Crippen LogP contribution < -0.4 is 5.32 Å². The number of rotatable bonds is 4. The minimum absolute atomic E-state index is 0.00516. The molecular weight excluding hydrogens is 397 g/mol. The van der Waals surface area contributed by atoms with Gasteiger partial charge in [-0.3, -0.25) is 4.79 Å². The van der Waals surface area contributed by atoms with Crippen molar-refractivity contribution >= 4 is 28.2 Å². The molecule has 0 unspecified atom stereocenters. The lowest BCUT2D eigenvalue weighted by Crippen LogP contribution is -2.14. The summed E-state index contributed by atoms with van der Waals surface area (Å²) in [6.45, 7) is 1.77. The number of amides is 1. The largest absolute Gasteiger partial charge is 0.465 e. The number of nitrogens with one attached hydrogen (secondary N) is 1. The van der Waals surface area contributed by atoms with Crippen LogP contribution in [0.25, 0.3) is 11.5 Å². The van der Waals surface area contributed by atoms with E-state index in [1.54, 1.807) is 13.0 Å². The van der Waals surface area contributed by atoms with Crippen molar-refractivity contribution in [1.29, 1.82) is 0 Å². The third-order valence-corrected chi connectivity index (χ3v) is 4.65. The van der Waals surface area contributed by atoms with E-state index in [0.717, 1.165) is 23.3 Å². The normalized spacial score (nSPS) is 11.3. The van der Waals surface area contributed by atoms with Crippen LogP contribution in [0.1, 0.15) is 31.3 Å². The number of oxazole rings is 1. The Morgan fingerprint density at radius 2 is 1.89 bits per heavy atom. The predicted octanol–water partition coefficient (Wildman–Crippen LogP) is 4.77. The second kappa shape index (κ2) is 7.47. The van der Waals surface area contributed by atoms with E-state index in [2.05, 4.69) is 15.0 Å². The number of esters is 1. The van der Waals surface area contributed by atoms with Gasteiger partial charge in [0.05, 0.1) is 18.2 Å². The highest BCUT2D eigenvalue weighted by molar-refractivity contribution is 7.16. The number of hydrogen-bond acceptors (Lipinski definition) is 6. The van der Waals surface area contributed by atoms with Crippen LogP contribution in [0.4, 0.5) is 18.2 Å². The van der Waals surface area contributed by atoms with E-state index in [1.165, 1.54) is 30.6 Å². The van der Waals surface area contributed by atoms with Gasteiger partial charge in [0.1, 0.15) is 11.3 Å². The van der Waals surface area contributed by atoms with Gasteiger partial charge in [0.15, 0.2) is 5.69 Å². The van der Waals surface area contributed by atoms with Crippen LogP contribution in [-0.2, 0) is 10.9 Å². The number of alkyl halides is 3. The van der Waals surface area contributed by atoms with Crippen molar-refractivity contribution in [3.05, 3.63) is 58.3 Å². The molecule has 3 aromatic rings. The van der Waals surface area contributed by atoms with Crippen LogP contribution in [0, 0.1) is 6.92 Å². The lowest BCUT2D eigenvalue weighted by Gasteiger charge is -2.06. The average molecular weight is 410 g/mol. The molecule has 0 atom stereocenters. The quantitative estimate of drug-likeness (QED) is 0.627. The first-order chi connectivity index (χ1) is 13.2. The number of halogens is 3. The van der Waals surface area contributed by atoms with Crippen LogP contribution in [0.5, 0.6) is 0 Å². The van der Waals surface area contributed by atoms with Gasteiger partial charge in [-0.1, -0.05) is 0 Å². The van der Waals surface area contributed by atoms with Crippen molar-refractivity contribution in [2.45, 2.75) is 13.1 Å². The molecule has 0 aliphatic rings. The molecule has 2 aromatic heterocycles. The first-order valence-electron chi connectivity index (χ1n) is 7.82. The molecule has 0 radical (unpaired) electrons. The molecule has 3 rings (SSSR count). The van der Waals surface area contributed by atoms with Gasteiger partial charge in [-0.15, -0.1) is 11.3 Å². The third-order valence-electron chi connectivity index (χ3n) is 3.68. The number of nitrogens with zero attached hydrogens (tertiary/aromatic N) is 1. The van der Waals surface area contributed by atoms with E-state index >= 15 is 0 Å². The number of carbonyl (C=O) groups excluding carboxylic acids is 2. The molecule has 0 spiro atoms. The predicted molar refractivity (Wildman–Crippen MR) is 95.3 cm³/mol. The van der Waals surface area contributed by atoms with Crippen LogP contribution in [0.2, 0.25) is 0 Å². The summed E-state index contributed by atoms with van der Waals surface area (Å²) in [4.78, 5) is 29.0. The Bertz CT molecular complexity index is 1020. The van der Waals surface area contributed by atoms with Crippen LogP contribution >= 0.6 is 11.3 Å². The minimum Gasteiger partial charge on any atom is -0.465 e. The molecule has 10 heteroatoms. The van der Waals surface area contributed by atoms with Crippen molar-refractivity contribution in [3.8, 4) is 11.5 Å². The maximum Gasteiger partial charge on any atom is 0.416 e. The molecule has 1 amide bonds. The number of thiophene rings is 1. The maximum atomic E-state index is 12.6. The van der Waals surface area contributed by atoms with Gasteiger partial charge in [0, 0.05) is 10.4 Å². The van der Waals surface area contributed by atoms with Crippen molar-refractivity contribution in [2.24, 2.45) is 0 Å². The molecule has 0 aliphatic carbocycles. The van der Waals surface area contributed by atoms with Crippen LogP contribution in [0.15, 0.2) is 41.0 Å². The number of anilines is 1. The average Bonchev–Trinajstić information content (AvgIpc) is 3.27. The molecule has 0 bridgehead atoms. The molecule has 2 heterocycles. The molecule has 1 N–H and O–H groups in total. The Kier molecular flexibility index (Phi) is 5.23. The fourth-order valence-corrected chi connectivity index (χ4v) is 3.24. The second-order valence-corrected chi connectivity index (χ2v) is 6.91. The van der Waals surface area contributed by atoms with Gasteiger partial charge in [-0.05, 0) is 37.3 Å². The van der Waals surface area contributed by atoms with Crippen molar-refractivity contribution < 1.29 is 31.9 Å².